The van der Waals surface area contributed by atoms with Crippen molar-refractivity contribution >= 4 is 11.4 Å². The Morgan fingerprint density at radius 1 is 0.390 bits per heavy atom. The maximum absolute atomic E-state index is 10.2. The van der Waals surface area contributed by atoms with Crippen molar-refractivity contribution in [3.8, 4) is 69.3 Å². The van der Waals surface area contributed by atoms with E-state index < -0.39 is 5.41 Å². The van der Waals surface area contributed by atoms with Crippen molar-refractivity contribution in [3.63, 3.8) is 0 Å². The molecule has 6 N–H and O–H groups in total. The number of phenols is 2. The molecule has 9 rings (SSSR count). The van der Waals surface area contributed by atoms with Crippen molar-refractivity contribution in [2.75, 3.05) is 11.5 Å². The Labute approximate surface area is 342 Å². The molecule has 0 aromatic heterocycles. The monoisotopic (exact) mass is 764 g/mol. The lowest BCUT2D eigenvalue weighted by Gasteiger charge is -2.34. The number of benzene rings is 8. The Kier molecular flexibility index (Phi) is 9.43. The number of anilines is 2. The molecule has 1 aliphatic carbocycles. The lowest BCUT2D eigenvalue weighted by atomic mass is 9.67. The van der Waals surface area contributed by atoms with Gasteiger partial charge in [0.2, 0.25) is 0 Å². The SMILES string of the molecule is Nc1ccc(Oc2ccc(C3(c4ccc(Oc5ccc(N)c(O)c5)cc4)c4cccc(C#Cc5ccccc5)c4-c4c(C#Cc5ccccc5)cccc43)cc2)cc1O. The van der Waals surface area contributed by atoms with Crippen LogP contribution in [0.5, 0.6) is 34.5 Å². The van der Waals surface area contributed by atoms with Crippen LogP contribution in [0.25, 0.3) is 11.1 Å². The molecule has 8 aromatic carbocycles. The standard InChI is InChI=1S/C53H36N2O4/c54-47-31-29-43(33-49(47)56)58-41-25-21-39(22-26-41)53(40-23-27-42(28-24-40)59-44-30-32-48(55)50(57)34-44)45-15-7-13-37(19-17-35-9-3-1-4-10-35)51(45)52-38(14-8-16-46(52)53)20-18-36-11-5-2-6-12-36/h1-16,21-34,56-57H,54-55H2. The average molecular weight is 765 g/mol. The zero-order chi connectivity index (χ0) is 40.3. The smallest absolute Gasteiger partial charge is 0.142 e. The molecule has 0 amide bonds. The first kappa shape index (κ1) is 36.3. The van der Waals surface area contributed by atoms with Gasteiger partial charge in [0.15, 0.2) is 0 Å². The molecule has 59 heavy (non-hydrogen) atoms. The number of fused-ring (bicyclic) bond motifs is 3. The second kappa shape index (κ2) is 15.3. The zero-order valence-electron chi connectivity index (χ0n) is 31.7. The molecule has 0 spiro atoms. The lowest BCUT2D eigenvalue weighted by Crippen LogP contribution is -2.28. The summed E-state index contributed by atoms with van der Waals surface area (Å²) in [5, 5.41) is 20.5. The fourth-order valence-electron chi connectivity index (χ4n) is 7.72. The minimum absolute atomic E-state index is 0.0461. The molecule has 0 aliphatic heterocycles. The molecule has 0 saturated carbocycles. The molecule has 6 nitrogen and oxygen atoms in total. The van der Waals surface area contributed by atoms with Crippen LogP contribution >= 0.6 is 0 Å². The summed E-state index contributed by atoms with van der Waals surface area (Å²) in [4.78, 5) is 0. The van der Waals surface area contributed by atoms with Gasteiger partial charge in [-0.1, -0.05) is 109 Å². The maximum atomic E-state index is 10.2. The van der Waals surface area contributed by atoms with E-state index in [1.165, 1.54) is 12.1 Å². The predicted molar refractivity (Wildman–Crippen MR) is 234 cm³/mol. The number of phenolic OH excluding ortho intramolecular Hbond substituents is 2. The van der Waals surface area contributed by atoms with Gasteiger partial charge in [-0.2, -0.15) is 0 Å². The summed E-state index contributed by atoms with van der Waals surface area (Å²) in [6, 6.07) is 58.4. The number of nitrogen functional groups attached to an aromatic ring is 2. The first-order valence-electron chi connectivity index (χ1n) is 19.0. The fraction of sp³-hybridized carbons (Fsp3) is 0.0189. The minimum Gasteiger partial charge on any atom is -0.506 e. The highest BCUT2D eigenvalue weighted by Crippen LogP contribution is 2.58. The molecule has 0 heterocycles. The van der Waals surface area contributed by atoms with E-state index in [2.05, 4.69) is 84.3 Å². The van der Waals surface area contributed by atoms with Gasteiger partial charge in [-0.15, -0.1) is 0 Å². The minimum atomic E-state index is -0.838. The number of aromatic hydroxyl groups is 2. The van der Waals surface area contributed by atoms with Crippen molar-refractivity contribution < 1.29 is 19.7 Å². The highest BCUT2D eigenvalue weighted by Gasteiger charge is 2.47. The van der Waals surface area contributed by atoms with Crippen LogP contribution in [-0.2, 0) is 5.41 Å². The summed E-state index contributed by atoms with van der Waals surface area (Å²) >= 11 is 0. The van der Waals surface area contributed by atoms with E-state index in [1.54, 1.807) is 24.3 Å². The molecule has 1 aliphatic rings. The van der Waals surface area contributed by atoms with Crippen molar-refractivity contribution in [3.05, 3.63) is 226 Å². The third kappa shape index (κ3) is 6.93. The first-order valence-corrected chi connectivity index (χ1v) is 19.0. The Balaban J connectivity index is 1.26. The number of hydrogen-bond acceptors (Lipinski definition) is 6. The van der Waals surface area contributed by atoms with Crippen LogP contribution in [0.1, 0.15) is 44.5 Å². The van der Waals surface area contributed by atoms with Gasteiger partial charge in [-0.3, -0.25) is 0 Å². The number of nitrogens with two attached hydrogens (primary N) is 2. The van der Waals surface area contributed by atoms with Crippen LogP contribution in [0.4, 0.5) is 11.4 Å². The van der Waals surface area contributed by atoms with Crippen LogP contribution in [-0.4, -0.2) is 10.2 Å². The van der Waals surface area contributed by atoms with Crippen LogP contribution in [0.3, 0.4) is 0 Å². The second-order valence-electron chi connectivity index (χ2n) is 14.1. The normalized spacial score (nSPS) is 11.9. The largest absolute Gasteiger partial charge is 0.506 e. The Hall–Kier alpha value is -8.32. The molecule has 0 radical (unpaired) electrons. The maximum Gasteiger partial charge on any atom is 0.142 e. The molecular formula is C53H36N2O4. The van der Waals surface area contributed by atoms with Gasteiger partial charge in [0, 0.05) is 45.5 Å². The molecule has 0 fully saturated rings. The summed E-state index contributed by atoms with van der Waals surface area (Å²) in [5.41, 5.74) is 21.1. The Morgan fingerprint density at radius 3 is 1.17 bits per heavy atom. The highest BCUT2D eigenvalue weighted by molar-refractivity contribution is 5.93. The Morgan fingerprint density at radius 2 is 0.780 bits per heavy atom. The van der Waals surface area contributed by atoms with E-state index in [0.717, 1.165) is 55.6 Å². The summed E-state index contributed by atoms with van der Waals surface area (Å²) in [7, 11) is 0. The van der Waals surface area contributed by atoms with Crippen LogP contribution in [0.15, 0.2) is 182 Å². The average Bonchev–Trinajstić information content (AvgIpc) is 3.58. The van der Waals surface area contributed by atoms with Crippen LogP contribution in [0.2, 0.25) is 0 Å². The van der Waals surface area contributed by atoms with Gasteiger partial charge < -0.3 is 31.2 Å². The van der Waals surface area contributed by atoms with E-state index in [9.17, 15) is 10.2 Å². The molecule has 6 heteroatoms. The number of ether oxygens (including phenoxy) is 2. The second-order valence-corrected chi connectivity index (χ2v) is 14.1. The summed E-state index contributed by atoms with van der Waals surface area (Å²) in [5.74, 6) is 15.9. The predicted octanol–water partition coefficient (Wildman–Crippen LogP) is 11.0. The summed E-state index contributed by atoms with van der Waals surface area (Å²) in [6.07, 6.45) is 0. The number of rotatable bonds is 6. The molecule has 282 valence electrons. The lowest BCUT2D eigenvalue weighted by molar-refractivity contribution is 0.456. The van der Waals surface area contributed by atoms with E-state index in [0.29, 0.717) is 23.0 Å². The van der Waals surface area contributed by atoms with Gasteiger partial charge in [-0.05, 0) is 107 Å². The molecule has 8 aromatic rings. The van der Waals surface area contributed by atoms with Gasteiger partial charge >= 0.3 is 0 Å². The topological polar surface area (TPSA) is 111 Å². The van der Waals surface area contributed by atoms with Gasteiger partial charge in [0.1, 0.15) is 34.5 Å². The third-order valence-electron chi connectivity index (χ3n) is 10.5. The molecule has 0 bridgehead atoms. The van der Waals surface area contributed by atoms with Crippen LogP contribution in [0, 0.1) is 23.7 Å². The van der Waals surface area contributed by atoms with Crippen molar-refractivity contribution in [2.24, 2.45) is 0 Å². The van der Waals surface area contributed by atoms with Gasteiger partial charge in [0.05, 0.1) is 16.8 Å². The zero-order valence-corrected chi connectivity index (χ0v) is 31.7. The molecular weight excluding hydrogens is 729 g/mol. The summed E-state index contributed by atoms with van der Waals surface area (Å²) < 4.78 is 12.4. The van der Waals surface area contributed by atoms with Crippen molar-refractivity contribution in [2.45, 2.75) is 5.41 Å². The highest BCUT2D eigenvalue weighted by atomic mass is 16.5. The summed E-state index contributed by atoms with van der Waals surface area (Å²) in [6.45, 7) is 0. The van der Waals surface area contributed by atoms with E-state index in [1.807, 2.05) is 84.9 Å². The Bertz CT molecular complexity index is 2770. The van der Waals surface area contributed by atoms with Gasteiger partial charge in [0.25, 0.3) is 0 Å². The molecule has 0 atom stereocenters. The molecule has 0 saturated heterocycles. The van der Waals surface area contributed by atoms with E-state index >= 15 is 0 Å². The van der Waals surface area contributed by atoms with E-state index in [4.69, 9.17) is 20.9 Å². The van der Waals surface area contributed by atoms with Crippen molar-refractivity contribution in [1.82, 2.24) is 0 Å². The molecule has 0 unspecified atom stereocenters. The van der Waals surface area contributed by atoms with Gasteiger partial charge in [-0.25, -0.2) is 0 Å². The van der Waals surface area contributed by atoms with E-state index in [-0.39, 0.29) is 22.9 Å². The number of hydrogen-bond donors (Lipinski definition) is 4. The third-order valence-corrected chi connectivity index (χ3v) is 10.5. The van der Waals surface area contributed by atoms with Crippen LogP contribution < -0.4 is 20.9 Å². The fourth-order valence-corrected chi connectivity index (χ4v) is 7.72. The van der Waals surface area contributed by atoms with Crippen molar-refractivity contribution in [1.29, 1.82) is 0 Å². The first-order chi connectivity index (χ1) is 28.9. The quantitative estimate of drug-likeness (QED) is 0.0762.